The maximum atomic E-state index is 10.4. The molecule has 23 N–H and O–H groups in total. The lowest BCUT2D eigenvalue weighted by atomic mass is 10.3. The molecule has 0 bridgehead atoms. The van der Waals surface area contributed by atoms with Crippen molar-refractivity contribution in [2.75, 3.05) is 28.2 Å². The van der Waals surface area contributed by atoms with E-state index in [4.69, 9.17) is 177 Å². The summed E-state index contributed by atoms with van der Waals surface area (Å²) in [5.74, 6) is 0. The maximum absolute atomic E-state index is 10.4. The predicted molar refractivity (Wildman–Crippen MR) is 221 cm³/mol. The maximum Gasteiger partial charge on any atom is 0.507 e. The molecule has 1 heterocycles. The molecular weight excluding hydrogens is 1390 g/mol. The Kier molecular flexibility index (Phi) is 58.3. The van der Waals surface area contributed by atoms with Crippen LogP contribution in [0.2, 0.25) is 0 Å². The summed E-state index contributed by atoms with van der Waals surface area (Å²) < 4.78 is 230. The summed E-state index contributed by atoms with van der Waals surface area (Å²) >= 11 is 0. The van der Waals surface area contributed by atoms with Crippen molar-refractivity contribution in [2.45, 2.75) is 0 Å². The summed E-state index contributed by atoms with van der Waals surface area (Å²) in [5, 5.41) is 8.00. The Morgan fingerprint density at radius 2 is 0.584 bits per heavy atom. The van der Waals surface area contributed by atoms with Crippen molar-refractivity contribution in [3.63, 3.8) is 0 Å². The van der Waals surface area contributed by atoms with Crippen molar-refractivity contribution in [3.05, 3.63) is 24.3 Å². The Labute approximate surface area is 416 Å². The molecule has 0 aliphatic rings. The van der Waals surface area contributed by atoms with Crippen molar-refractivity contribution >= 4 is 112 Å². The molecule has 474 valence electrons. The van der Waals surface area contributed by atoms with E-state index in [1.54, 1.807) is 0 Å². The minimum atomic E-state index is -5.39. The standard InChI is InChI=1S/C11H16N5O.12FH2O3P/c1-14(2)11(15(3)4)17-16-10-8-6-5-7-9(10)12-13-16;12*1-5(2,3)4/h5-8H,1-4H3;12*(H2,2,3,4)/q+1;;;;;;;;;;;;/p-1. The molecule has 1 aromatic heterocycles. The summed E-state index contributed by atoms with van der Waals surface area (Å²) in [5.41, 5.74) is 1.65. The van der Waals surface area contributed by atoms with Crippen LogP contribution in [-0.2, 0) is 54.8 Å². The van der Waals surface area contributed by atoms with Crippen LogP contribution in [0, 0.1) is 0 Å². The molecular formula is C11H39F12N5O37P12. The van der Waals surface area contributed by atoms with E-state index in [2.05, 4.69) is 10.3 Å². The molecule has 2 rings (SSSR count). The minimum absolute atomic E-state index is 0.681. The van der Waals surface area contributed by atoms with E-state index in [1.165, 1.54) is 4.85 Å². The molecule has 0 aliphatic heterocycles. The zero-order valence-corrected chi connectivity index (χ0v) is 46.7. The molecule has 0 saturated carbocycles. The lowest BCUT2D eigenvalue weighted by Crippen LogP contribution is -2.39. The third kappa shape index (κ3) is 417. The van der Waals surface area contributed by atoms with E-state index in [0.717, 1.165) is 11.0 Å². The Balaban J connectivity index is -0.0000000709. The highest BCUT2D eigenvalue weighted by Crippen LogP contribution is 2.39. The predicted octanol–water partition coefficient (Wildman–Crippen LogP) is 0.000800. The molecule has 0 saturated heterocycles. The van der Waals surface area contributed by atoms with E-state index >= 15 is 0 Å². The van der Waals surface area contributed by atoms with Gasteiger partial charge < -0.3 is 9.79 Å². The fraction of sp³-hybridized carbons (Fsp3) is 0.364. The lowest BCUT2D eigenvalue weighted by molar-refractivity contribution is -0.480. The van der Waals surface area contributed by atoms with Gasteiger partial charge in [0.05, 0.1) is 28.2 Å². The molecule has 0 radical (unpaired) electrons. The zero-order chi connectivity index (χ0) is 66.4. The lowest BCUT2D eigenvalue weighted by Gasteiger charge is -2.10. The number of hydrogen-bond acceptors (Lipinski definition) is 16. The first-order valence-electron chi connectivity index (χ1n) is 14.3. The van der Waals surface area contributed by atoms with E-state index in [-0.39, 0.29) is 0 Å². The van der Waals surface area contributed by atoms with Gasteiger partial charge in [0.15, 0.2) is 0 Å². The van der Waals surface area contributed by atoms with Crippen molar-refractivity contribution in [1.29, 1.82) is 0 Å². The van der Waals surface area contributed by atoms with Gasteiger partial charge in [0, 0.05) is 0 Å². The van der Waals surface area contributed by atoms with Gasteiger partial charge in [0.1, 0.15) is 11.0 Å². The number of aromatic nitrogens is 3. The molecule has 2 aromatic rings. The van der Waals surface area contributed by atoms with Crippen molar-refractivity contribution < 1.29 is 232 Å². The van der Waals surface area contributed by atoms with Gasteiger partial charge in [-0.3, -0.25) is 117 Å². The first kappa shape index (κ1) is 101. The monoisotopic (exact) mass is 1430 g/mol. The van der Waals surface area contributed by atoms with Gasteiger partial charge in [0.2, 0.25) is 0 Å². The second-order valence-electron chi connectivity index (χ2n) is 9.77. The van der Waals surface area contributed by atoms with Gasteiger partial charge >= 0.3 is 101 Å². The van der Waals surface area contributed by atoms with Crippen LogP contribution in [0.4, 0.5) is 50.4 Å². The van der Waals surface area contributed by atoms with Crippen LogP contribution in [0.15, 0.2) is 24.3 Å². The fourth-order valence-electron chi connectivity index (χ4n) is 1.56. The van der Waals surface area contributed by atoms with Gasteiger partial charge in [0.25, 0.3) is 0 Å². The average molecular weight is 1430 g/mol. The molecule has 1 aromatic carbocycles. The molecule has 0 amide bonds. The van der Waals surface area contributed by atoms with Crippen LogP contribution in [0.25, 0.3) is 11.0 Å². The number of halogens is 12. The second-order valence-corrected chi connectivity index (χ2v) is 21.1. The first-order chi connectivity index (χ1) is 32.1. The number of hydrogen-bond donors (Lipinski definition) is 23. The van der Waals surface area contributed by atoms with Gasteiger partial charge in [-0.2, -0.15) is 4.20 Å². The molecule has 77 heavy (non-hydrogen) atoms. The summed E-state index contributed by atoms with van der Waals surface area (Å²) in [4.78, 5) is 178. The first-order valence-corrected chi connectivity index (χ1v) is 32.3. The number of rotatable bonds is 1. The third-order valence-electron chi connectivity index (χ3n) is 2.25. The highest BCUT2D eigenvalue weighted by atomic mass is 31.2. The normalized spacial score (nSPS) is 12.1. The fourth-order valence-corrected chi connectivity index (χ4v) is 1.56. The minimum Gasteiger partial charge on any atom is -0.753 e. The number of fused-ring (bicyclic) bond motifs is 1. The van der Waals surface area contributed by atoms with Crippen LogP contribution in [-0.4, -0.2) is 171 Å². The highest BCUT2D eigenvalue weighted by Gasteiger charge is 2.17. The number of benzene rings is 1. The summed E-state index contributed by atoms with van der Waals surface area (Å²) in [6.07, 6.45) is 0. The summed E-state index contributed by atoms with van der Waals surface area (Å²) in [6.45, 7) is 0. The Morgan fingerprint density at radius 1 is 0.429 bits per heavy atom. The Bertz CT molecular complexity index is 1970. The van der Waals surface area contributed by atoms with Crippen molar-refractivity contribution in [1.82, 2.24) is 20.1 Å². The van der Waals surface area contributed by atoms with Crippen LogP contribution in [0.1, 0.15) is 0 Å². The van der Waals surface area contributed by atoms with Crippen LogP contribution < -0.4 is 9.73 Å². The average Bonchev–Trinajstić information content (AvgIpc) is 3.32. The topological polar surface area (TPSA) is 739 Å². The van der Waals surface area contributed by atoms with Crippen molar-refractivity contribution in [3.8, 4) is 0 Å². The van der Waals surface area contributed by atoms with Crippen LogP contribution >= 0.6 is 94.9 Å². The smallest absolute Gasteiger partial charge is 0.507 e. The van der Waals surface area contributed by atoms with E-state index < -0.39 is 94.9 Å². The SMILES string of the molecule is CN(C)C(On1nnc2ccccc21)=[N+](C)C.O=P(O)(O)F.O=P(O)(O)F.O=P(O)(O)F.O=P(O)(O)F.O=P(O)(O)F.O=P(O)(O)F.O=P(O)(O)F.O=P(O)(O)F.O=P(O)(O)F.O=P(O)(O)F.O=P(O)(O)F.O=P([O-])(O)F. The quantitative estimate of drug-likeness (QED) is 0.0587. The van der Waals surface area contributed by atoms with E-state index in [9.17, 15) is 50.4 Å². The van der Waals surface area contributed by atoms with Crippen molar-refractivity contribution in [2.24, 2.45) is 0 Å². The molecule has 1 atom stereocenters. The molecule has 0 spiro atoms. The molecule has 42 nitrogen and oxygen atoms in total. The van der Waals surface area contributed by atoms with Gasteiger partial charge in [-0.15, -0.1) is 51.3 Å². The number of para-hydroxylation sites is 1. The highest BCUT2D eigenvalue weighted by molar-refractivity contribution is 7.48. The number of amidine groups is 1. The van der Waals surface area contributed by atoms with E-state index in [0.29, 0.717) is 6.02 Å². The van der Waals surface area contributed by atoms with Gasteiger partial charge in [-0.25, -0.2) is 59.7 Å². The number of nitrogens with zero attached hydrogens (tertiary/aromatic N) is 5. The Hall–Kier alpha value is -1.15. The Morgan fingerprint density at radius 3 is 0.727 bits per heavy atom. The second kappa shape index (κ2) is 44.4. The largest absolute Gasteiger partial charge is 0.753 e. The van der Waals surface area contributed by atoms with Gasteiger partial charge in [-0.1, -0.05) is 17.0 Å². The van der Waals surface area contributed by atoms with Gasteiger partial charge in [-0.05, 0) is 17.3 Å². The summed E-state index contributed by atoms with van der Waals surface area (Å²) in [6, 6.07) is 8.34. The molecule has 1 unspecified atom stereocenters. The zero-order valence-electron chi connectivity index (χ0n) is 35.9. The van der Waals surface area contributed by atoms with E-state index in [1.807, 2.05) is 61.9 Å². The molecule has 0 fully saturated rings. The summed E-state index contributed by atoms with van der Waals surface area (Å²) in [7, 11) is -54.3. The van der Waals surface area contributed by atoms with Crippen LogP contribution in [0.5, 0.6) is 0 Å². The molecule has 0 aliphatic carbocycles. The third-order valence-corrected chi connectivity index (χ3v) is 2.25. The van der Waals surface area contributed by atoms with Crippen LogP contribution in [0.3, 0.4) is 0 Å². The molecule has 66 heteroatoms.